The summed E-state index contributed by atoms with van der Waals surface area (Å²) in [6, 6.07) is 0. The van der Waals surface area contributed by atoms with Crippen molar-refractivity contribution in [2.45, 2.75) is 33.1 Å². The average Bonchev–Trinajstić information content (AvgIpc) is 2.29. The first-order valence-corrected chi connectivity index (χ1v) is 8.02. The highest BCUT2D eigenvalue weighted by molar-refractivity contribution is 7.53. The number of hydrogen-bond acceptors (Lipinski definition) is 4. The Balaban J connectivity index is 2.33. The van der Waals surface area contributed by atoms with Gasteiger partial charge in [0.05, 0.1) is 19.4 Å². The van der Waals surface area contributed by atoms with Gasteiger partial charge in [0.2, 0.25) is 0 Å². The second-order valence-electron chi connectivity index (χ2n) is 4.15. The van der Waals surface area contributed by atoms with Crippen LogP contribution in [0.4, 0.5) is 0 Å². The highest BCUT2D eigenvalue weighted by atomic mass is 31.2. The standard InChI is InChI=1S/C11H24NO3P/c1-3-14-16(13,15-4-2)10-7-11-5-8-12-9-6-11/h11-12H,3-10H2,1-2H3. The topological polar surface area (TPSA) is 47.6 Å². The quantitative estimate of drug-likeness (QED) is 0.705. The summed E-state index contributed by atoms with van der Waals surface area (Å²) in [5.41, 5.74) is 0. The molecule has 96 valence electrons. The summed E-state index contributed by atoms with van der Waals surface area (Å²) in [5, 5.41) is 3.33. The Morgan fingerprint density at radius 3 is 2.25 bits per heavy atom. The van der Waals surface area contributed by atoms with Crippen molar-refractivity contribution < 1.29 is 13.6 Å². The zero-order valence-corrected chi connectivity index (χ0v) is 11.3. The molecule has 0 amide bonds. The maximum atomic E-state index is 12.2. The number of rotatable bonds is 7. The largest absolute Gasteiger partial charge is 0.330 e. The van der Waals surface area contributed by atoms with E-state index in [4.69, 9.17) is 9.05 Å². The van der Waals surface area contributed by atoms with Crippen LogP contribution in [0.25, 0.3) is 0 Å². The molecule has 1 saturated heterocycles. The fourth-order valence-electron chi connectivity index (χ4n) is 2.07. The van der Waals surface area contributed by atoms with E-state index >= 15 is 0 Å². The van der Waals surface area contributed by atoms with Crippen molar-refractivity contribution in [3.63, 3.8) is 0 Å². The van der Waals surface area contributed by atoms with E-state index in [0.29, 0.717) is 25.3 Å². The molecule has 0 aliphatic carbocycles. The Bertz CT molecular complexity index is 219. The lowest BCUT2D eigenvalue weighted by molar-refractivity contribution is 0.216. The predicted molar refractivity (Wildman–Crippen MR) is 65.9 cm³/mol. The van der Waals surface area contributed by atoms with Crippen LogP contribution in [0.3, 0.4) is 0 Å². The van der Waals surface area contributed by atoms with Crippen molar-refractivity contribution >= 4 is 7.60 Å². The van der Waals surface area contributed by atoms with Gasteiger partial charge in [0.25, 0.3) is 0 Å². The Kier molecular flexibility index (Phi) is 6.59. The van der Waals surface area contributed by atoms with Gasteiger partial charge in [-0.2, -0.15) is 0 Å². The van der Waals surface area contributed by atoms with E-state index in [0.717, 1.165) is 19.5 Å². The molecule has 0 atom stereocenters. The third kappa shape index (κ3) is 4.96. The lowest BCUT2D eigenvalue weighted by Gasteiger charge is -2.24. The summed E-state index contributed by atoms with van der Waals surface area (Å²) in [4.78, 5) is 0. The third-order valence-electron chi connectivity index (χ3n) is 2.92. The SMILES string of the molecule is CCOP(=O)(CCC1CCNCC1)OCC. The van der Waals surface area contributed by atoms with Gasteiger partial charge in [0, 0.05) is 0 Å². The van der Waals surface area contributed by atoms with Crippen molar-refractivity contribution in [2.24, 2.45) is 5.92 Å². The van der Waals surface area contributed by atoms with E-state index in [-0.39, 0.29) is 0 Å². The van der Waals surface area contributed by atoms with Crippen molar-refractivity contribution in [1.29, 1.82) is 0 Å². The normalized spacial score (nSPS) is 18.9. The molecule has 1 N–H and O–H groups in total. The Morgan fingerprint density at radius 1 is 1.19 bits per heavy atom. The summed E-state index contributed by atoms with van der Waals surface area (Å²) in [6.07, 6.45) is 3.88. The molecule has 0 aromatic carbocycles. The van der Waals surface area contributed by atoms with Gasteiger partial charge in [-0.05, 0) is 52.1 Å². The van der Waals surface area contributed by atoms with Crippen LogP contribution in [-0.2, 0) is 13.6 Å². The molecular formula is C11H24NO3P. The molecule has 0 saturated carbocycles. The van der Waals surface area contributed by atoms with Gasteiger partial charge in [-0.15, -0.1) is 0 Å². The van der Waals surface area contributed by atoms with E-state index < -0.39 is 7.60 Å². The van der Waals surface area contributed by atoms with Crippen LogP contribution in [0.15, 0.2) is 0 Å². The highest BCUT2D eigenvalue weighted by Gasteiger charge is 2.25. The summed E-state index contributed by atoms with van der Waals surface area (Å²) in [5.74, 6) is 0.676. The lowest BCUT2D eigenvalue weighted by Crippen LogP contribution is -2.28. The molecule has 1 rings (SSSR count). The molecular weight excluding hydrogens is 225 g/mol. The van der Waals surface area contributed by atoms with Crippen LogP contribution in [0.1, 0.15) is 33.1 Å². The number of nitrogens with one attached hydrogen (secondary N) is 1. The van der Waals surface area contributed by atoms with Gasteiger partial charge >= 0.3 is 7.60 Å². The Morgan fingerprint density at radius 2 is 1.75 bits per heavy atom. The van der Waals surface area contributed by atoms with E-state index in [1.807, 2.05) is 13.8 Å². The van der Waals surface area contributed by atoms with E-state index in [9.17, 15) is 4.57 Å². The van der Waals surface area contributed by atoms with Gasteiger partial charge in [-0.3, -0.25) is 4.57 Å². The van der Waals surface area contributed by atoms with E-state index in [1.165, 1.54) is 12.8 Å². The van der Waals surface area contributed by atoms with Gasteiger partial charge in [-0.25, -0.2) is 0 Å². The molecule has 0 spiro atoms. The smallest absolute Gasteiger partial charge is 0.317 e. The summed E-state index contributed by atoms with van der Waals surface area (Å²) in [7, 11) is -2.81. The molecule has 1 heterocycles. The van der Waals surface area contributed by atoms with Gasteiger partial charge in [0.1, 0.15) is 0 Å². The first-order chi connectivity index (χ1) is 7.70. The molecule has 4 nitrogen and oxygen atoms in total. The van der Waals surface area contributed by atoms with Crippen LogP contribution in [0.2, 0.25) is 0 Å². The van der Waals surface area contributed by atoms with E-state index in [1.54, 1.807) is 0 Å². The highest BCUT2D eigenvalue weighted by Crippen LogP contribution is 2.49. The zero-order chi connectivity index (χ0) is 11.9. The first kappa shape index (κ1) is 14.2. The fraction of sp³-hybridized carbons (Fsp3) is 1.00. The van der Waals surface area contributed by atoms with Crippen LogP contribution >= 0.6 is 7.60 Å². The molecule has 16 heavy (non-hydrogen) atoms. The van der Waals surface area contributed by atoms with Crippen molar-refractivity contribution in [3.05, 3.63) is 0 Å². The molecule has 0 unspecified atom stereocenters. The van der Waals surface area contributed by atoms with Crippen LogP contribution in [0, 0.1) is 5.92 Å². The average molecular weight is 249 g/mol. The molecule has 1 aliphatic rings. The number of piperidine rings is 1. The third-order valence-corrected chi connectivity index (χ3v) is 5.03. The lowest BCUT2D eigenvalue weighted by atomic mass is 9.96. The second kappa shape index (κ2) is 7.44. The summed E-state index contributed by atoms with van der Waals surface area (Å²) in [6.45, 7) is 6.80. The molecule has 0 aromatic rings. The molecule has 0 bridgehead atoms. The van der Waals surface area contributed by atoms with Gasteiger partial charge in [-0.1, -0.05) is 0 Å². The first-order valence-electron chi connectivity index (χ1n) is 6.29. The summed E-state index contributed by atoms with van der Waals surface area (Å²) < 4.78 is 22.8. The van der Waals surface area contributed by atoms with E-state index in [2.05, 4.69) is 5.32 Å². The fourth-order valence-corrected chi connectivity index (χ4v) is 3.87. The zero-order valence-electron chi connectivity index (χ0n) is 10.4. The minimum Gasteiger partial charge on any atom is -0.317 e. The number of hydrogen-bond donors (Lipinski definition) is 1. The van der Waals surface area contributed by atoms with Crippen molar-refractivity contribution in [3.8, 4) is 0 Å². The maximum absolute atomic E-state index is 12.2. The van der Waals surface area contributed by atoms with Crippen molar-refractivity contribution in [2.75, 3.05) is 32.5 Å². The molecule has 1 aliphatic heterocycles. The Hall–Kier alpha value is 0.110. The summed E-state index contributed by atoms with van der Waals surface area (Å²) >= 11 is 0. The molecule has 0 aromatic heterocycles. The maximum Gasteiger partial charge on any atom is 0.330 e. The molecule has 5 heteroatoms. The van der Waals surface area contributed by atoms with Crippen LogP contribution in [-0.4, -0.2) is 32.5 Å². The monoisotopic (exact) mass is 249 g/mol. The Labute approximate surface area is 98.6 Å². The van der Waals surface area contributed by atoms with Crippen LogP contribution < -0.4 is 5.32 Å². The molecule has 1 fully saturated rings. The van der Waals surface area contributed by atoms with Gasteiger partial charge in [0.15, 0.2) is 0 Å². The predicted octanol–water partition coefficient (Wildman–Crippen LogP) is 2.64. The van der Waals surface area contributed by atoms with Crippen LogP contribution in [0.5, 0.6) is 0 Å². The minimum atomic E-state index is -2.81. The second-order valence-corrected chi connectivity index (χ2v) is 6.34. The van der Waals surface area contributed by atoms with Gasteiger partial charge < -0.3 is 14.4 Å². The molecule has 0 radical (unpaired) electrons. The minimum absolute atomic E-state index is 0.462. The van der Waals surface area contributed by atoms with Crippen molar-refractivity contribution in [1.82, 2.24) is 5.32 Å².